The topological polar surface area (TPSA) is 86.6 Å². The van der Waals surface area contributed by atoms with E-state index in [-0.39, 0.29) is 11.3 Å². The van der Waals surface area contributed by atoms with E-state index in [2.05, 4.69) is 17.4 Å². The second-order valence-corrected chi connectivity index (χ2v) is 2.44. The van der Waals surface area contributed by atoms with Crippen LogP contribution in [0.2, 0.25) is 0 Å². The molecule has 5 nitrogen and oxygen atoms in total. The Morgan fingerprint density at radius 1 is 1.50 bits per heavy atom. The van der Waals surface area contributed by atoms with Crippen molar-refractivity contribution in [2.75, 3.05) is 6.54 Å². The Kier molecular flexibility index (Phi) is 2.92. The Morgan fingerprint density at radius 2 is 2.21 bits per heavy atom. The SMILES string of the molecule is O=C(O)CNC(=O)c1c#cccc1O. The number of carboxylic acids is 1. The van der Waals surface area contributed by atoms with Crippen LogP contribution in [0.4, 0.5) is 0 Å². The Hall–Kier alpha value is -2.22. The maximum Gasteiger partial charge on any atom is 0.322 e. The molecule has 1 rings (SSSR count). The van der Waals surface area contributed by atoms with E-state index in [1.165, 1.54) is 12.1 Å². The maximum absolute atomic E-state index is 11.2. The van der Waals surface area contributed by atoms with Crippen LogP contribution in [0.1, 0.15) is 10.4 Å². The van der Waals surface area contributed by atoms with E-state index in [4.69, 9.17) is 5.11 Å². The molecule has 0 heterocycles. The summed E-state index contributed by atoms with van der Waals surface area (Å²) in [6, 6.07) is 7.52. The molecule has 0 aromatic heterocycles. The Balaban J connectivity index is 2.70. The van der Waals surface area contributed by atoms with Gasteiger partial charge in [0.2, 0.25) is 0 Å². The Morgan fingerprint density at radius 3 is 2.79 bits per heavy atom. The zero-order chi connectivity index (χ0) is 10.6. The Labute approximate surface area is 80.0 Å². The molecule has 0 saturated carbocycles. The van der Waals surface area contributed by atoms with Crippen LogP contribution in [-0.2, 0) is 4.79 Å². The smallest absolute Gasteiger partial charge is 0.322 e. The third-order valence-electron chi connectivity index (χ3n) is 1.41. The molecule has 0 bridgehead atoms. The predicted octanol–water partition coefficient (Wildman–Crippen LogP) is -0.193. The first-order valence-electron chi connectivity index (χ1n) is 3.72. The lowest BCUT2D eigenvalue weighted by Crippen LogP contribution is -2.29. The van der Waals surface area contributed by atoms with Gasteiger partial charge < -0.3 is 15.5 Å². The average molecular weight is 193 g/mol. The maximum atomic E-state index is 11.2. The monoisotopic (exact) mass is 193 g/mol. The van der Waals surface area contributed by atoms with Crippen molar-refractivity contribution in [3.05, 3.63) is 29.8 Å². The van der Waals surface area contributed by atoms with Gasteiger partial charge in [0.25, 0.3) is 5.91 Å². The third-order valence-corrected chi connectivity index (χ3v) is 1.41. The molecule has 0 aliphatic rings. The molecule has 0 spiro atoms. The minimum atomic E-state index is -1.15. The van der Waals surface area contributed by atoms with Crippen molar-refractivity contribution >= 4 is 11.9 Å². The standard InChI is InChI=1S/C9H7NO4/c11-7-4-2-1-3-6(7)9(14)10-5-8(12)13/h2,4,11H,5H2,(H,10,14)(H,12,13). The minimum absolute atomic E-state index is 0.117. The fraction of sp³-hybridized carbons (Fsp3) is 0.111. The van der Waals surface area contributed by atoms with Gasteiger partial charge in [0.05, 0.1) is 0 Å². The number of aromatic hydroxyl groups is 1. The largest absolute Gasteiger partial charge is 0.506 e. The van der Waals surface area contributed by atoms with Crippen LogP contribution in [0.15, 0.2) is 12.1 Å². The number of amides is 1. The van der Waals surface area contributed by atoms with Crippen molar-refractivity contribution in [1.29, 1.82) is 0 Å². The first-order valence-corrected chi connectivity index (χ1v) is 3.72. The van der Waals surface area contributed by atoms with E-state index in [1.807, 2.05) is 0 Å². The zero-order valence-corrected chi connectivity index (χ0v) is 7.07. The number of carbonyl (C=O) groups excluding carboxylic acids is 1. The molecule has 0 aliphatic carbocycles. The number of carboxylic acid groups (broad SMARTS) is 1. The summed E-state index contributed by atoms with van der Waals surface area (Å²) in [4.78, 5) is 21.3. The van der Waals surface area contributed by atoms with Crippen LogP contribution in [-0.4, -0.2) is 28.6 Å². The lowest BCUT2D eigenvalue weighted by molar-refractivity contribution is -0.135. The van der Waals surface area contributed by atoms with Gasteiger partial charge in [-0.3, -0.25) is 9.59 Å². The van der Waals surface area contributed by atoms with Crippen LogP contribution in [0.25, 0.3) is 0 Å². The summed E-state index contributed by atoms with van der Waals surface area (Å²) in [5.41, 5.74) is -0.117. The number of hydrogen-bond acceptors (Lipinski definition) is 3. The Bertz CT molecular complexity index is 362. The highest BCUT2D eigenvalue weighted by atomic mass is 16.4. The number of carbonyl (C=O) groups is 2. The number of hydrogen-bond donors (Lipinski definition) is 3. The second-order valence-electron chi connectivity index (χ2n) is 2.44. The van der Waals surface area contributed by atoms with Gasteiger partial charge in [-0.2, -0.15) is 0 Å². The molecule has 1 aromatic rings. The van der Waals surface area contributed by atoms with E-state index in [9.17, 15) is 14.7 Å². The summed E-state index contributed by atoms with van der Waals surface area (Å²) in [5, 5.41) is 19.6. The van der Waals surface area contributed by atoms with Crippen molar-refractivity contribution in [2.45, 2.75) is 0 Å². The van der Waals surface area contributed by atoms with Crippen molar-refractivity contribution in [1.82, 2.24) is 5.32 Å². The van der Waals surface area contributed by atoms with E-state index in [0.29, 0.717) is 0 Å². The zero-order valence-electron chi connectivity index (χ0n) is 7.07. The van der Waals surface area contributed by atoms with Gasteiger partial charge in [-0.05, 0) is 12.1 Å². The summed E-state index contributed by atoms with van der Waals surface area (Å²) in [7, 11) is 0. The first kappa shape index (κ1) is 9.86. The van der Waals surface area contributed by atoms with Crippen molar-refractivity contribution in [3.63, 3.8) is 0 Å². The number of rotatable bonds is 3. The molecular weight excluding hydrogens is 186 g/mol. The quantitative estimate of drug-likeness (QED) is 0.620. The van der Waals surface area contributed by atoms with E-state index in [0.717, 1.165) is 0 Å². The number of nitrogens with one attached hydrogen (secondary N) is 1. The summed E-state index contributed by atoms with van der Waals surface area (Å²) in [6.07, 6.45) is 0. The summed E-state index contributed by atoms with van der Waals surface area (Å²) >= 11 is 0. The normalized spacial score (nSPS) is 8.86. The van der Waals surface area contributed by atoms with E-state index < -0.39 is 18.4 Å². The van der Waals surface area contributed by atoms with Gasteiger partial charge in [0, 0.05) is 0 Å². The molecule has 0 saturated heterocycles. The molecular formula is C9H7NO4. The fourth-order valence-electron chi connectivity index (χ4n) is 0.799. The predicted molar refractivity (Wildman–Crippen MR) is 45.7 cm³/mol. The van der Waals surface area contributed by atoms with E-state index >= 15 is 0 Å². The van der Waals surface area contributed by atoms with Crippen LogP contribution >= 0.6 is 0 Å². The lowest BCUT2D eigenvalue weighted by atomic mass is 10.2. The van der Waals surface area contributed by atoms with Gasteiger partial charge in [-0.15, -0.1) is 0 Å². The highest BCUT2D eigenvalue weighted by Crippen LogP contribution is 2.11. The minimum Gasteiger partial charge on any atom is -0.506 e. The second kappa shape index (κ2) is 4.14. The van der Waals surface area contributed by atoms with Gasteiger partial charge in [-0.25, -0.2) is 0 Å². The van der Waals surface area contributed by atoms with Crippen LogP contribution in [0.5, 0.6) is 5.75 Å². The molecule has 0 fully saturated rings. The molecule has 14 heavy (non-hydrogen) atoms. The molecule has 3 N–H and O–H groups in total. The van der Waals surface area contributed by atoms with Crippen LogP contribution < -0.4 is 5.32 Å². The van der Waals surface area contributed by atoms with E-state index in [1.54, 1.807) is 0 Å². The summed E-state index contributed by atoms with van der Waals surface area (Å²) in [5.74, 6) is -2.11. The molecule has 0 aliphatic heterocycles. The van der Waals surface area contributed by atoms with Crippen LogP contribution in [0, 0.1) is 12.1 Å². The van der Waals surface area contributed by atoms with Crippen molar-refractivity contribution in [3.8, 4) is 5.75 Å². The van der Waals surface area contributed by atoms with Gasteiger partial charge in [0.15, 0.2) is 0 Å². The summed E-state index contributed by atoms with van der Waals surface area (Å²) < 4.78 is 0. The fourth-order valence-corrected chi connectivity index (χ4v) is 0.799. The molecule has 0 atom stereocenters. The van der Waals surface area contributed by atoms with Crippen molar-refractivity contribution in [2.24, 2.45) is 0 Å². The highest BCUT2D eigenvalue weighted by molar-refractivity contribution is 5.97. The average Bonchev–Trinajstić information content (AvgIpc) is 2.15. The molecule has 5 heteroatoms. The molecule has 72 valence electrons. The molecule has 1 amide bonds. The molecule has 0 radical (unpaired) electrons. The molecule has 0 unspecified atom stereocenters. The highest BCUT2D eigenvalue weighted by Gasteiger charge is 2.10. The summed E-state index contributed by atoms with van der Waals surface area (Å²) in [6.45, 7) is -0.499. The number of aliphatic carboxylic acids is 1. The van der Waals surface area contributed by atoms with Gasteiger partial charge >= 0.3 is 5.97 Å². The molecule has 1 aromatic carbocycles. The van der Waals surface area contributed by atoms with Gasteiger partial charge in [0.1, 0.15) is 17.9 Å². The van der Waals surface area contributed by atoms with Crippen LogP contribution in [0.3, 0.4) is 0 Å². The van der Waals surface area contributed by atoms with Crippen molar-refractivity contribution < 1.29 is 19.8 Å². The third kappa shape index (κ3) is 2.38. The van der Waals surface area contributed by atoms with Gasteiger partial charge in [-0.1, -0.05) is 12.1 Å². The first-order chi connectivity index (χ1) is 6.61. The lowest BCUT2D eigenvalue weighted by Gasteiger charge is -2.00.